The highest BCUT2D eigenvalue weighted by molar-refractivity contribution is 9.09. The van der Waals surface area contributed by atoms with Crippen LogP contribution in [0.15, 0.2) is 35.4 Å². The molecule has 0 aliphatic carbocycles. The smallest absolute Gasteiger partial charge is 0.347 e. The molecule has 134 valence electrons. The number of rotatable bonds is 6. The van der Waals surface area contributed by atoms with Crippen molar-refractivity contribution in [2.45, 2.75) is 26.4 Å². The zero-order valence-corrected chi connectivity index (χ0v) is 15.8. The number of hydrogen-bond acceptors (Lipinski definition) is 6. The van der Waals surface area contributed by atoms with Crippen LogP contribution >= 0.6 is 15.9 Å². The van der Waals surface area contributed by atoms with Crippen LogP contribution in [0.1, 0.15) is 25.0 Å². The van der Waals surface area contributed by atoms with E-state index >= 15 is 0 Å². The Hall–Kier alpha value is -2.15. The van der Waals surface area contributed by atoms with Gasteiger partial charge in [0.25, 0.3) is 0 Å². The second-order valence-electron chi connectivity index (χ2n) is 5.41. The van der Waals surface area contributed by atoms with Gasteiger partial charge in [-0.2, -0.15) is 0 Å². The fraction of sp³-hybridized carbons (Fsp3) is 0.389. The first-order valence-electron chi connectivity index (χ1n) is 7.86. The minimum absolute atomic E-state index is 0.0670. The number of benzene rings is 1. The van der Waals surface area contributed by atoms with E-state index in [9.17, 15) is 14.4 Å². The number of cyclic esters (lactones) is 1. The van der Waals surface area contributed by atoms with Crippen molar-refractivity contribution in [1.29, 1.82) is 0 Å². The van der Waals surface area contributed by atoms with Crippen molar-refractivity contribution in [2.24, 2.45) is 0 Å². The summed E-state index contributed by atoms with van der Waals surface area (Å²) >= 11 is 3.32. The molecule has 0 fully saturated rings. The molecule has 0 amide bonds. The molecule has 1 aromatic carbocycles. The van der Waals surface area contributed by atoms with Gasteiger partial charge in [0.1, 0.15) is 5.57 Å². The average Bonchev–Trinajstić information content (AvgIpc) is 2.89. The summed E-state index contributed by atoms with van der Waals surface area (Å²) in [5, 5.41) is 0.0891. The Balaban J connectivity index is 2.69. The van der Waals surface area contributed by atoms with Gasteiger partial charge in [-0.3, -0.25) is 0 Å². The molecule has 1 aliphatic heterocycles. The number of carbonyl (C=O) groups is 3. The predicted octanol–water partition coefficient (Wildman–Crippen LogP) is 2.56. The van der Waals surface area contributed by atoms with Crippen molar-refractivity contribution >= 4 is 33.8 Å². The van der Waals surface area contributed by atoms with E-state index in [0.29, 0.717) is 5.56 Å². The molecule has 0 bridgehead atoms. The first-order valence-corrected chi connectivity index (χ1v) is 8.98. The Morgan fingerprint density at radius 2 is 1.64 bits per heavy atom. The Morgan fingerprint density at radius 1 is 1.08 bits per heavy atom. The first-order chi connectivity index (χ1) is 11.9. The summed E-state index contributed by atoms with van der Waals surface area (Å²) in [5.41, 5.74) is -0.436. The van der Waals surface area contributed by atoms with Crippen LogP contribution < -0.4 is 0 Å². The maximum Gasteiger partial charge on any atom is 0.347 e. The third kappa shape index (κ3) is 3.46. The number of halogens is 1. The predicted molar refractivity (Wildman–Crippen MR) is 93.0 cm³/mol. The van der Waals surface area contributed by atoms with Crippen LogP contribution in [0.25, 0.3) is 0 Å². The molecule has 1 aromatic rings. The number of carbonyl (C=O) groups excluding carboxylic acids is 3. The Kier molecular flexibility index (Phi) is 6.00. The van der Waals surface area contributed by atoms with Crippen LogP contribution in [-0.2, 0) is 34.2 Å². The van der Waals surface area contributed by atoms with Crippen LogP contribution in [0.4, 0.5) is 0 Å². The zero-order chi connectivity index (χ0) is 18.6. The van der Waals surface area contributed by atoms with E-state index in [1.807, 2.05) is 19.1 Å². The monoisotopic (exact) mass is 410 g/mol. The molecule has 2 rings (SSSR count). The van der Waals surface area contributed by atoms with Crippen LogP contribution in [0.2, 0.25) is 0 Å². The Bertz CT molecular complexity index is 722. The molecule has 0 saturated heterocycles. The summed E-state index contributed by atoms with van der Waals surface area (Å²) in [5.74, 6) is -2.58. The van der Waals surface area contributed by atoms with Crippen LogP contribution in [0.5, 0.6) is 0 Å². The molecule has 0 spiro atoms. The van der Waals surface area contributed by atoms with Gasteiger partial charge in [-0.25, -0.2) is 14.4 Å². The fourth-order valence-corrected chi connectivity index (χ4v) is 3.34. The van der Waals surface area contributed by atoms with Crippen LogP contribution in [0.3, 0.4) is 0 Å². The van der Waals surface area contributed by atoms with Gasteiger partial charge < -0.3 is 14.2 Å². The van der Waals surface area contributed by atoms with Crippen molar-refractivity contribution in [3.05, 3.63) is 46.5 Å². The molecule has 1 heterocycles. The lowest BCUT2D eigenvalue weighted by atomic mass is 9.86. The number of aryl methyl sites for hydroxylation is 1. The highest BCUT2D eigenvalue weighted by Gasteiger charge is 2.54. The van der Waals surface area contributed by atoms with E-state index in [2.05, 4.69) is 15.9 Å². The molecule has 6 nitrogen and oxygen atoms in total. The summed E-state index contributed by atoms with van der Waals surface area (Å²) in [6.07, 6.45) is 0. The van der Waals surface area contributed by atoms with E-state index in [4.69, 9.17) is 14.2 Å². The molecule has 0 radical (unpaired) electrons. The molecule has 0 N–H and O–H groups in total. The van der Waals surface area contributed by atoms with Crippen molar-refractivity contribution in [3.63, 3.8) is 0 Å². The van der Waals surface area contributed by atoms with Gasteiger partial charge in [0.2, 0.25) is 0 Å². The maximum absolute atomic E-state index is 12.6. The Morgan fingerprint density at radius 3 is 2.16 bits per heavy atom. The lowest BCUT2D eigenvalue weighted by Crippen LogP contribution is -2.35. The topological polar surface area (TPSA) is 78.9 Å². The van der Waals surface area contributed by atoms with E-state index in [1.165, 1.54) is 0 Å². The summed E-state index contributed by atoms with van der Waals surface area (Å²) < 4.78 is 15.5. The summed E-state index contributed by atoms with van der Waals surface area (Å²) in [4.78, 5) is 37.3. The van der Waals surface area contributed by atoms with Gasteiger partial charge in [-0.15, -0.1) is 0 Å². The molecule has 0 aromatic heterocycles. The Labute approximate surface area is 154 Å². The first kappa shape index (κ1) is 19.2. The zero-order valence-electron chi connectivity index (χ0n) is 14.3. The average molecular weight is 411 g/mol. The molecular weight excluding hydrogens is 392 g/mol. The molecular formula is C18H19BrO6. The quantitative estimate of drug-likeness (QED) is 0.310. The summed E-state index contributed by atoms with van der Waals surface area (Å²) in [6, 6.07) is 7.16. The van der Waals surface area contributed by atoms with Crippen molar-refractivity contribution in [3.8, 4) is 0 Å². The maximum atomic E-state index is 12.6. The van der Waals surface area contributed by atoms with Gasteiger partial charge in [0.15, 0.2) is 11.2 Å². The van der Waals surface area contributed by atoms with E-state index in [-0.39, 0.29) is 24.1 Å². The second-order valence-corrected chi connectivity index (χ2v) is 5.97. The minimum atomic E-state index is -1.45. The minimum Gasteiger partial charge on any atom is -0.462 e. The number of esters is 3. The normalized spacial score (nSPS) is 19.6. The lowest BCUT2D eigenvalue weighted by molar-refractivity contribution is -0.150. The number of alkyl halides is 1. The van der Waals surface area contributed by atoms with Crippen molar-refractivity contribution < 1.29 is 28.6 Å². The third-order valence-electron chi connectivity index (χ3n) is 3.79. The fourth-order valence-electron chi connectivity index (χ4n) is 2.62. The van der Waals surface area contributed by atoms with Crippen LogP contribution in [0, 0.1) is 6.92 Å². The van der Waals surface area contributed by atoms with Gasteiger partial charge in [0, 0.05) is 5.56 Å². The molecule has 7 heteroatoms. The summed E-state index contributed by atoms with van der Waals surface area (Å²) in [7, 11) is 0. The molecule has 1 atom stereocenters. The lowest BCUT2D eigenvalue weighted by Gasteiger charge is -2.28. The van der Waals surface area contributed by atoms with Gasteiger partial charge >= 0.3 is 17.9 Å². The van der Waals surface area contributed by atoms with Crippen LogP contribution in [-0.4, -0.2) is 36.5 Å². The van der Waals surface area contributed by atoms with Gasteiger partial charge in [0.05, 0.1) is 18.5 Å². The third-order valence-corrected chi connectivity index (χ3v) is 4.58. The standard InChI is InChI=1S/C18H19BrO6/c1-4-23-15(20)13-14(17(22)24-5-2)18(10-19,25-16(13)21)12-8-6-11(3)7-9-12/h6-9H,4-5,10H2,1-3H3. The van der Waals surface area contributed by atoms with E-state index in [1.54, 1.807) is 26.0 Å². The molecule has 1 unspecified atom stereocenters. The van der Waals surface area contributed by atoms with E-state index < -0.39 is 29.1 Å². The number of ether oxygens (including phenoxy) is 3. The molecule has 25 heavy (non-hydrogen) atoms. The second kappa shape index (κ2) is 7.82. The van der Waals surface area contributed by atoms with Gasteiger partial charge in [-0.05, 0) is 20.8 Å². The number of hydrogen-bond donors (Lipinski definition) is 0. The molecule has 1 aliphatic rings. The largest absolute Gasteiger partial charge is 0.462 e. The summed E-state index contributed by atoms with van der Waals surface area (Å²) in [6.45, 7) is 5.33. The molecule has 0 saturated carbocycles. The van der Waals surface area contributed by atoms with Crippen molar-refractivity contribution in [2.75, 3.05) is 18.5 Å². The highest BCUT2D eigenvalue weighted by Crippen LogP contribution is 2.44. The van der Waals surface area contributed by atoms with Crippen molar-refractivity contribution in [1.82, 2.24) is 0 Å². The van der Waals surface area contributed by atoms with Gasteiger partial charge in [-0.1, -0.05) is 45.8 Å². The highest BCUT2D eigenvalue weighted by atomic mass is 79.9. The van der Waals surface area contributed by atoms with E-state index in [0.717, 1.165) is 5.56 Å². The SMILES string of the molecule is CCOC(=O)C1=C(C(=O)OCC)C(CBr)(c2ccc(C)cc2)OC1=O.